The van der Waals surface area contributed by atoms with Gasteiger partial charge in [-0.1, -0.05) is 30.3 Å². The van der Waals surface area contributed by atoms with E-state index in [0.717, 1.165) is 11.3 Å². The van der Waals surface area contributed by atoms with Crippen LogP contribution in [0, 0.1) is 0 Å². The molecular weight excluding hydrogens is 318 g/mol. The van der Waals surface area contributed by atoms with Crippen LogP contribution in [0.3, 0.4) is 0 Å². The van der Waals surface area contributed by atoms with Gasteiger partial charge in [0, 0.05) is 20.5 Å². The molecular formula is C18H21N5O2. The number of carbonyl (C=O) groups is 1. The van der Waals surface area contributed by atoms with Crippen molar-refractivity contribution in [3.63, 3.8) is 0 Å². The zero-order chi connectivity index (χ0) is 18.0. The maximum Gasteiger partial charge on any atom is 0.255 e. The Bertz CT molecular complexity index is 882. The van der Waals surface area contributed by atoms with Crippen LogP contribution in [0.1, 0.15) is 40.3 Å². The first-order valence-corrected chi connectivity index (χ1v) is 8.04. The van der Waals surface area contributed by atoms with E-state index in [0.29, 0.717) is 17.7 Å². The summed E-state index contributed by atoms with van der Waals surface area (Å²) in [5.41, 5.74) is 2.90. The van der Waals surface area contributed by atoms with Crippen LogP contribution in [0.2, 0.25) is 0 Å². The lowest BCUT2D eigenvalue weighted by molar-refractivity contribution is 0.0937. The van der Waals surface area contributed by atoms with Crippen LogP contribution in [0.5, 0.6) is 5.75 Å². The second kappa shape index (κ2) is 6.80. The number of hydrogen-bond donors (Lipinski definition) is 2. The molecule has 1 aromatic carbocycles. The molecule has 3 rings (SSSR count). The van der Waals surface area contributed by atoms with Crippen molar-refractivity contribution in [3.05, 3.63) is 65.2 Å². The van der Waals surface area contributed by atoms with Gasteiger partial charge in [-0.3, -0.25) is 14.2 Å². The van der Waals surface area contributed by atoms with Gasteiger partial charge in [0.15, 0.2) is 5.75 Å². The van der Waals surface area contributed by atoms with Gasteiger partial charge in [-0.05, 0) is 12.5 Å². The van der Waals surface area contributed by atoms with E-state index in [1.807, 2.05) is 37.4 Å². The number of benzene rings is 1. The Kier molecular flexibility index (Phi) is 4.56. The molecule has 0 saturated heterocycles. The first kappa shape index (κ1) is 16.8. The van der Waals surface area contributed by atoms with Gasteiger partial charge in [0.1, 0.15) is 5.69 Å². The highest BCUT2D eigenvalue weighted by Crippen LogP contribution is 2.22. The summed E-state index contributed by atoms with van der Waals surface area (Å²) in [6.45, 7) is 1.78. The highest BCUT2D eigenvalue weighted by molar-refractivity contribution is 5.95. The molecule has 3 aromatic rings. The van der Waals surface area contributed by atoms with Gasteiger partial charge >= 0.3 is 0 Å². The number of aromatic hydroxyl groups is 1. The van der Waals surface area contributed by atoms with Crippen LogP contribution in [-0.4, -0.2) is 30.6 Å². The van der Waals surface area contributed by atoms with Crippen LogP contribution >= 0.6 is 0 Å². The average Bonchev–Trinajstić information content (AvgIpc) is 3.11. The van der Waals surface area contributed by atoms with Crippen molar-refractivity contribution in [2.75, 3.05) is 0 Å². The number of amides is 1. The second-order valence-corrected chi connectivity index (χ2v) is 6.06. The van der Waals surface area contributed by atoms with Crippen molar-refractivity contribution < 1.29 is 9.90 Å². The van der Waals surface area contributed by atoms with E-state index in [4.69, 9.17) is 0 Å². The van der Waals surface area contributed by atoms with Gasteiger partial charge in [-0.25, -0.2) is 0 Å². The Hall–Kier alpha value is -3.09. The topological polar surface area (TPSA) is 85.0 Å². The molecule has 0 aliphatic carbocycles. The summed E-state index contributed by atoms with van der Waals surface area (Å²) in [5.74, 6) is -0.178. The van der Waals surface area contributed by atoms with Gasteiger partial charge < -0.3 is 10.4 Å². The van der Waals surface area contributed by atoms with E-state index in [1.54, 1.807) is 24.9 Å². The Labute approximate surface area is 145 Å². The molecule has 0 spiro atoms. The van der Waals surface area contributed by atoms with Crippen molar-refractivity contribution >= 4 is 5.91 Å². The number of hydrogen-bond acceptors (Lipinski definition) is 4. The van der Waals surface area contributed by atoms with Gasteiger partial charge in [0.25, 0.3) is 5.91 Å². The fraction of sp³-hybridized carbons (Fsp3) is 0.278. The molecule has 0 aliphatic heterocycles. The third-order valence-electron chi connectivity index (χ3n) is 4.12. The van der Waals surface area contributed by atoms with Crippen molar-refractivity contribution in [1.29, 1.82) is 0 Å². The highest BCUT2D eigenvalue weighted by atomic mass is 16.3. The number of aromatic nitrogens is 4. The summed E-state index contributed by atoms with van der Waals surface area (Å²) in [5, 5.41) is 21.2. The van der Waals surface area contributed by atoms with Gasteiger partial charge in [-0.2, -0.15) is 10.2 Å². The third kappa shape index (κ3) is 3.55. The normalized spacial score (nSPS) is 12.1. The molecule has 7 heteroatoms. The molecule has 0 radical (unpaired) electrons. The summed E-state index contributed by atoms with van der Waals surface area (Å²) >= 11 is 0. The SMILES string of the molecule is CC(NC(=O)c1cnn(C)c1Cc1ccccc1)c1nn(C)cc1O. The average molecular weight is 339 g/mol. The maximum absolute atomic E-state index is 12.7. The van der Waals surface area contributed by atoms with E-state index in [9.17, 15) is 9.90 Å². The summed E-state index contributed by atoms with van der Waals surface area (Å²) < 4.78 is 3.23. The minimum Gasteiger partial charge on any atom is -0.504 e. The van der Waals surface area contributed by atoms with E-state index in [1.165, 1.54) is 10.9 Å². The molecule has 25 heavy (non-hydrogen) atoms. The van der Waals surface area contributed by atoms with E-state index in [-0.39, 0.29) is 11.7 Å². The van der Waals surface area contributed by atoms with Crippen LogP contribution in [-0.2, 0) is 20.5 Å². The number of carbonyl (C=O) groups excluding carboxylic acids is 1. The number of nitrogens with one attached hydrogen (secondary N) is 1. The number of rotatable bonds is 5. The standard InChI is InChI=1S/C18H21N5O2/c1-12(17-16(24)11-22(2)21-17)20-18(25)14-10-19-23(3)15(14)9-13-7-5-4-6-8-13/h4-8,10-12,24H,9H2,1-3H3,(H,20,25). The molecule has 2 aromatic heterocycles. The Morgan fingerprint density at radius 2 is 2.00 bits per heavy atom. The molecule has 1 atom stereocenters. The van der Waals surface area contributed by atoms with Crippen molar-refractivity contribution in [2.45, 2.75) is 19.4 Å². The Morgan fingerprint density at radius 1 is 1.28 bits per heavy atom. The number of nitrogens with zero attached hydrogens (tertiary/aromatic N) is 4. The highest BCUT2D eigenvalue weighted by Gasteiger charge is 2.21. The Morgan fingerprint density at radius 3 is 2.64 bits per heavy atom. The molecule has 2 heterocycles. The quantitative estimate of drug-likeness (QED) is 0.744. The first-order chi connectivity index (χ1) is 12.0. The molecule has 1 amide bonds. The minimum absolute atomic E-state index is 0.0611. The molecule has 1 unspecified atom stereocenters. The van der Waals surface area contributed by atoms with Crippen LogP contribution in [0.15, 0.2) is 42.7 Å². The van der Waals surface area contributed by atoms with E-state index < -0.39 is 6.04 Å². The summed E-state index contributed by atoms with van der Waals surface area (Å²) in [7, 11) is 3.54. The number of aryl methyl sites for hydroxylation is 2. The molecule has 0 fully saturated rings. The fourth-order valence-corrected chi connectivity index (χ4v) is 2.80. The van der Waals surface area contributed by atoms with Crippen molar-refractivity contribution in [1.82, 2.24) is 24.9 Å². The summed E-state index contributed by atoms with van der Waals surface area (Å²) in [6, 6.07) is 9.52. The molecule has 2 N–H and O–H groups in total. The van der Waals surface area contributed by atoms with E-state index >= 15 is 0 Å². The summed E-state index contributed by atoms with van der Waals surface area (Å²) in [6.07, 6.45) is 3.69. The third-order valence-corrected chi connectivity index (χ3v) is 4.12. The largest absolute Gasteiger partial charge is 0.504 e. The van der Waals surface area contributed by atoms with Crippen LogP contribution < -0.4 is 5.32 Å². The van der Waals surface area contributed by atoms with Gasteiger partial charge in [0.2, 0.25) is 0 Å². The zero-order valence-electron chi connectivity index (χ0n) is 14.5. The zero-order valence-corrected chi connectivity index (χ0v) is 14.5. The lowest BCUT2D eigenvalue weighted by Gasteiger charge is -2.13. The van der Waals surface area contributed by atoms with Crippen molar-refractivity contribution in [2.24, 2.45) is 14.1 Å². The monoisotopic (exact) mass is 339 g/mol. The smallest absolute Gasteiger partial charge is 0.255 e. The molecule has 0 aliphatic rings. The van der Waals surface area contributed by atoms with Gasteiger partial charge in [0.05, 0.1) is 29.7 Å². The van der Waals surface area contributed by atoms with Crippen LogP contribution in [0.25, 0.3) is 0 Å². The fourth-order valence-electron chi connectivity index (χ4n) is 2.80. The van der Waals surface area contributed by atoms with Gasteiger partial charge in [-0.15, -0.1) is 0 Å². The second-order valence-electron chi connectivity index (χ2n) is 6.06. The molecule has 0 saturated carbocycles. The molecule has 0 bridgehead atoms. The van der Waals surface area contributed by atoms with E-state index in [2.05, 4.69) is 15.5 Å². The molecule has 130 valence electrons. The minimum atomic E-state index is -0.418. The lowest BCUT2D eigenvalue weighted by atomic mass is 10.1. The molecule has 7 nitrogen and oxygen atoms in total. The summed E-state index contributed by atoms with van der Waals surface area (Å²) in [4.78, 5) is 12.7. The van der Waals surface area contributed by atoms with Crippen LogP contribution in [0.4, 0.5) is 0 Å². The Balaban J connectivity index is 1.80. The predicted molar refractivity (Wildman–Crippen MR) is 93.2 cm³/mol. The predicted octanol–water partition coefficient (Wildman–Crippen LogP) is 1.94. The first-order valence-electron chi connectivity index (χ1n) is 8.04. The maximum atomic E-state index is 12.7. The lowest BCUT2D eigenvalue weighted by Crippen LogP contribution is -2.28. The van der Waals surface area contributed by atoms with Crippen molar-refractivity contribution in [3.8, 4) is 5.75 Å².